The molecule has 0 amide bonds. The minimum atomic E-state index is -4.47. The number of carbonyl (C=O) groups is 1. The van der Waals surface area contributed by atoms with Crippen molar-refractivity contribution in [3.05, 3.63) is 35.4 Å². The lowest BCUT2D eigenvalue weighted by atomic mass is 9.95. The normalized spacial score (nSPS) is 13.5. The molecule has 0 aliphatic heterocycles. The SMILES string of the molecule is CCC(C)CC(=O)c1ccccc1C(F)(F)F. The second-order valence-corrected chi connectivity index (χ2v) is 4.18. The van der Waals surface area contributed by atoms with Crippen LogP contribution in [0.3, 0.4) is 0 Å². The Hall–Kier alpha value is -1.32. The summed E-state index contributed by atoms with van der Waals surface area (Å²) in [5.74, 6) is -0.337. The summed E-state index contributed by atoms with van der Waals surface area (Å²) in [6, 6.07) is 4.94. The predicted octanol–water partition coefficient (Wildman–Crippen LogP) is 4.32. The van der Waals surface area contributed by atoms with Gasteiger partial charge in [0.05, 0.1) is 5.56 Å². The zero-order chi connectivity index (χ0) is 13.1. The second kappa shape index (κ2) is 5.34. The molecule has 1 atom stereocenters. The summed E-state index contributed by atoms with van der Waals surface area (Å²) < 4.78 is 38.0. The fourth-order valence-electron chi connectivity index (χ4n) is 1.54. The molecule has 0 N–H and O–H groups in total. The average Bonchev–Trinajstić information content (AvgIpc) is 2.27. The van der Waals surface area contributed by atoms with E-state index in [-0.39, 0.29) is 17.9 Å². The Morgan fingerprint density at radius 1 is 1.29 bits per heavy atom. The monoisotopic (exact) mass is 244 g/mol. The van der Waals surface area contributed by atoms with E-state index in [2.05, 4.69) is 0 Å². The minimum Gasteiger partial charge on any atom is -0.294 e. The molecule has 4 heteroatoms. The van der Waals surface area contributed by atoms with Crippen molar-refractivity contribution in [2.75, 3.05) is 0 Å². The van der Waals surface area contributed by atoms with Gasteiger partial charge in [-0.05, 0) is 12.0 Å². The Bertz CT molecular complexity index is 396. The first-order valence-corrected chi connectivity index (χ1v) is 5.55. The maximum atomic E-state index is 12.7. The lowest BCUT2D eigenvalue weighted by Gasteiger charge is -2.13. The van der Waals surface area contributed by atoms with Crippen LogP contribution >= 0.6 is 0 Å². The molecule has 0 fully saturated rings. The zero-order valence-corrected chi connectivity index (χ0v) is 9.84. The van der Waals surface area contributed by atoms with E-state index in [0.717, 1.165) is 12.5 Å². The molecule has 0 aromatic heterocycles. The van der Waals surface area contributed by atoms with E-state index in [9.17, 15) is 18.0 Å². The number of alkyl halides is 3. The molecule has 1 aromatic carbocycles. The largest absolute Gasteiger partial charge is 0.417 e. The number of hydrogen-bond acceptors (Lipinski definition) is 1. The van der Waals surface area contributed by atoms with E-state index in [1.165, 1.54) is 18.2 Å². The smallest absolute Gasteiger partial charge is 0.294 e. The molecule has 0 saturated carbocycles. The van der Waals surface area contributed by atoms with Crippen molar-refractivity contribution in [1.29, 1.82) is 0 Å². The van der Waals surface area contributed by atoms with Crippen LogP contribution in [-0.2, 0) is 6.18 Å². The van der Waals surface area contributed by atoms with E-state index in [4.69, 9.17) is 0 Å². The summed E-state index contributed by atoms with van der Waals surface area (Å²) in [4.78, 5) is 11.8. The highest BCUT2D eigenvalue weighted by Gasteiger charge is 2.34. The van der Waals surface area contributed by atoms with Crippen LogP contribution in [0.4, 0.5) is 13.2 Å². The van der Waals surface area contributed by atoms with Crippen molar-refractivity contribution >= 4 is 5.78 Å². The Morgan fingerprint density at radius 2 is 1.88 bits per heavy atom. The zero-order valence-electron chi connectivity index (χ0n) is 9.84. The number of halogens is 3. The molecule has 0 aliphatic carbocycles. The lowest BCUT2D eigenvalue weighted by Crippen LogP contribution is -2.14. The van der Waals surface area contributed by atoms with Crippen LogP contribution in [0.15, 0.2) is 24.3 Å². The molecule has 0 heterocycles. The number of benzene rings is 1. The average molecular weight is 244 g/mol. The summed E-state index contributed by atoms with van der Waals surface area (Å²) in [7, 11) is 0. The fourth-order valence-corrected chi connectivity index (χ4v) is 1.54. The third kappa shape index (κ3) is 3.58. The van der Waals surface area contributed by atoms with Crippen LogP contribution in [0.25, 0.3) is 0 Å². The van der Waals surface area contributed by atoms with Gasteiger partial charge in [0.15, 0.2) is 5.78 Å². The maximum absolute atomic E-state index is 12.7. The van der Waals surface area contributed by atoms with E-state index in [0.29, 0.717) is 0 Å². The molecule has 94 valence electrons. The van der Waals surface area contributed by atoms with E-state index >= 15 is 0 Å². The second-order valence-electron chi connectivity index (χ2n) is 4.18. The van der Waals surface area contributed by atoms with Gasteiger partial charge in [0, 0.05) is 12.0 Å². The molecule has 17 heavy (non-hydrogen) atoms. The quantitative estimate of drug-likeness (QED) is 0.721. The highest BCUT2D eigenvalue weighted by molar-refractivity contribution is 5.97. The van der Waals surface area contributed by atoms with Gasteiger partial charge in [-0.15, -0.1) is 0 Å². The van der Waals surface area contributed by atoms with Gasteiger partial charge in [-0.25, -0.2) is 0 Å². The Balaban J connectivity index is 3.02. The standard InChI is InChI=1S/C13H15F3O/c1-3-9(2)8-12(17)10-6-4-5-7-11(10)13(14,15)16/h4-7,9H,3,8H2,1-2H3. The van der Waals surface area contributed by atoms with E-state index in [1.807, 2.05) is 13.8 Å². The number of ketones is 1. The summed E-state index contributed by atoms with van der Waals surface area (Å²) >= 11 is 0. The number of Topliss-reactive ketones (excluding diaryl/α,β-unsaturated/α-hetero) is 1. The van der Waals surface area contributed by atoms with Crippen LogP contribution in [0.1, 0.15) is 42.6 Å². The van der Waals surface area contributed by atoms with Gasteiger partial charge in [0.25, 0.3) is 0 Å². The van der Waals surface area contributed by atoms with Crippen LogP contribution < -0.4 is 0 Å². The molecule has 1 rings (SSSR count). The number of rotatable bonds is 4. The third-order valence-corrected chi connectivity index (χ3v) is 2.76. The van der Waals surface area contributed by atoms with Crippen molar-refractivity contribution in [3.63, 3.8) is 0 Å². The predicted molar refractivity (Wildman–Crippen MR) is 59.8 cm³/mol. The number of carbonyl (C=O) groups excluding carboxylic acids is 1. The van der Waals surface area contributed by atoms with E-state index in [1.54, 1.807) is 0 Å². The number of hydrogen-bond donors (Lipinski definition) is 0. The molecule has 0 saturated heterocycles. The fraction of sp³-hybridized carbons (Fsp3) is 0.462. The summed E-state index contributed by atoms with van der Waals surface area (Å²) in [6.07, 6.45) is -3.54. The van der Waals surface area contributed by atoms with Crippen molar-refractivity contribution in [3.8, 4) is 0 Å². The van der Waals surface area contributed by atoms with Crippen LogP contribution in [0.5, 0.6) is 0 Å². The van der Waals surface area contributed by atoms with Gasteiger partial charge in [-0.1, -0.05) is 38.5 Å². The highest BCUT2D eigenvalue weighted by Crippen LogP contribution is 2.32. The van der Waals surface area contributed by atoms with Crippen molar-refractivity contribution in [1.82, 2.24) is 0 Å². The van der Waals surface area contributed by atoms with Crippen LogP contribution in [0.2, 0.25) is 0 Å². The van der Waals surface area contributed by atoms with Gasteiger partial charge in [0.1, 0.15) is 0 Å². The van der Waals surface area contributed by atoms with Gasteiger partial charge >= 0.3 is 6.18 Å². The summed E-state index contributed by atoms with van der Waals surface area (Å²) in [5, 5.41) is 0. The molecular formula is C13H15F3O. The molecule has 1 unspecified atom stereocenters. The van der Waals surface area contributed by atoms with Crippen molar-refractivity contribution < 1.29 is 18.0 Å². The first-order chi connectivity index (χ1) is 7.86. The molecule has 0 aliphatic rings. The van der Waals surface area contributed by atoms with Gasteiger partial charge in [-0.3, -0.25) is 4.79 Å². The molecule has 1 aromatic rings. The minimum absolute atomic E-state index is 0.101. The summed E-state index contributed by atoms with van der Waals surface area (Å²) in [6.45, 7) is 3.77. The first kappa shape index (κ1) is 13.7. The van der Waals surface area contributed by atoms with Gasteiger partial charge in [0.2, 0.25) is 0 Å². The molecule has 0 spiro atoms. The van der Waals surface area contributed by atoms with Crippen molar-refractivity contribution in [2.24, 2.45) is 5.92 Å². The van der Waals surface area contributed by atoms with Crippen molar-refractivity contribution in [2.45, 2.75) is 32.9 Å². The van der Waals surface area contributed by atoms with Crippen LogP contribution in [0, 0.1) is 5.92 Å². The molecular weight excluding hydrogens is 229 g/mol. The highest BCUT2D eigenvalue weighted by atomic mass is 19.4. The topological polar surface area (TPSA) is 17.1 Å². The van der Waals surface area contributed by atoms with Gasteiger partial charge < -0.3 is 0 Å². The third-order valence-electron chi connectivity index (χ3n) is 2.76. The Labute approximate surface area is 98.6 Å². The first-order valence-electron chi connectivity index (χ1n) is 5.55. The summed E-state index contributed by atoms with van der Waals surface area (Å²) in [5.41, 5.74) is -1.06. The van der Waals surface area contributed by atoms with Crippen LogP contribution in [-0.4, -0.2) is 5.78 Å². The Morgan fingerprint density at radius 3 is 2.41 bits per heavy atom. The maximum Gasteiger partial charge on any atom is 0.417 e. The lowest BCUT2D eigenvalue weighted by molar-refractivity contribution is -0.137. The van der Waals surface area contributed by atoms with Gasteiger partial charge in [-0.2, -0.15) is 13.2 Å². The Kier molecular flexibility index (Phi) is 4.32. The van der Waals surface area contributed by atoms with E-state index < -0.39 is 17.5 Å². The molecule has 1 nitrogen and oxygen atoms in total. The molecule has 0 radical (unpaired) electrons. The molecule has 0 bridgehead atoms.